The number of amides is 1. The van der Waals surface area contributed by atoms with Crippen molar-refractivity contribution in [1.29, 1.82) is 0 Å². The average Bonchev–Trinajstić information content (AvgIpc) is 3.29. The van der Waals surface area contributed by atoms with Crippen LogP contribution < -0.4 is 5.32 Å². The lowest BCUT2D eigenvalue weighted by molar-refractivity contribution is -0.141. The fourth-order valence-corrected chi connectivity index (χ4v) is 4.11. The largest absolute Gasteiger partial charge is 0.462 e. The molecule has 146 valence electrons. The lowest BCUT2D eigenvalue weighted by atomic mass is 10.0. The van der Waals surface area contributed by atoms with Gasteiger partial charge in [0.2, 0.25) is 0 Å². The van der Waals surface area contributed by atoms with Crippen LogP contribution in [0.25, 0.3) is 11.1 Å². The number of hydrogen-bond acceptors (Lipinski definition) is 6. The lowest BCUT2D eigenvalue weighted by Gasteiger charge is -2.09. The molecule has 1 amide bonds. The van der Waals surface area contributed by atoms with Crippen LogP contribution >= 0.6 is 22.7 Å². The first-order valence-electron chi connectivity index (χ1n) is 7.99. The number of hydrogen-bond donors (Lipinski definition) is 1. The number of ether oxygens (including phenoxy) is 1. The number of nitrogens with zero attached hydrogens (tertiary/aromatic N) is 1. The van der Waals surface area contributed by atoms with Gasteiger partial charge in [0, 0.05) is 10.9 Å². The van der Waals surface area contributed by atoms with E-state index in [1.807, 2.05) is 6.07 Å². The monoisotopic (exact) mass is 426 g/mol. The molecule has 0 aliphatic heterocycles. The predicted octanol–water partition coefficient (Wildman–Crippen LogP) is 5.32. The zero-order valence-electron chi connectivity index (χ0n) is 14.4. The second-order valence-electron chi connectivity index (χ2n) is 5.42. The molecule has 0 spiro atoms. The number of thiophene rings is 1. The highest BCUT2D eigenvalue weighted by molar-refractivity contribution is 7.15. The van der Waals surface area contributed by atoms with Crippen molar-refractivity contribution in [1.82, 2.24) is 4.98 Å². The maximum Gasteiger partial charge on any atom is 0.434 e. The van der Waals surface area contributed by atoms with Gasteiger partial charge in [-0.25, -0.2) is 9.78 Å². The van der Waals surface area contributed by atoms with Crippen LogP contribution in [0.3, 0.4) is 0 Å². The summed E-state index contributed by atoms with van der Waals surface area (Å²) in [5.41, 5.74) is 1.04. The third-order valence-corrected chi connectivity index (χ3v) is 5.35. The summed E-state index contributed by atoms with van der Waals surface area (Å²) in [4.78, 5) is 27.6. The summed E-state index contributed by atoms with van der Waals surface area (Å²) in [5.74, 6) is -1.65. The molecule has 10 heteroatoms. The van der Waals surface area contributed by atoms with E-state index in [-0.39, 0.29) is 17.2 Å². The third kappa shape index (κ3) is 4.07. The average molecular weight is 426 g/mol. The van der Waals surface area contributed by atoms with Crippen LogP contribution in [-0.2, 0) is 10.9 Å². The fraction of sp³-hybridized carbons (Fsp3) is 0.167. The highest BCUT2D eigenvalue weighted by Crippen LogP contribution is 2.38. The van der Waals surface area contributed by atoms with E-state index >= 15 is 0 Å². The zero-order valence-corrected chi connectivity index (χ0v) is 16.0. The lowest BCUT2D eigenvalue weighted by Crippen LogP contribution is -2.18. The van der Waals surface area contributed by atoms with Crippen LogP contribution in [0.4, 0.5) is 18.2 Å². The smallest absolute Gasteiger partial charge is 0.434 e. The first-order chi connectivity index (χ1) is 13.3. The summed E-state index contributed by atoms with van der Waals surface area (Å²) >= 11 is 1.61. The van der Waals surface area contributed by atoms with Crippen molar-refractivity contribution in [2.75, 3.05) is 11.9 Å². The van der Waals surface area contributed by atoms with Gasteiger partial charge in [-0.05, 0) is 12.5 Å². The number of thiazole rings is 1. The number of alkyl halides is 3. The topological polar surface area (TPSA) is 68.3 Å². The molecule has 1 N–H and O–H groups in total. The molecular formula is C18H13F3N2O3S2. The molecule has 0 saturated carbocycles. The number of benzene rings is 1. The Morgan fingerprint density at radius 1 is 1.18 bits per heavy atom. The Bertz CT molecular complexity index is 997. The highest BCUT2D eigenvalue weighted by Gasteiger charge is 2.38. The molecule has 0 aliphatic rings. The highest BCUT2D eigenvalue weighted by atomic mass is 32.1. The van der Waals surface area contributed by atoms with Crippen LogP contribution in [0.5, 0.6) is 0 Å². The zero-order chi connectivity index (χ0) is 20.3. The van der Waals surface area contributed by atoms with Crippen LogP contribution in [0.1, 0.15) is 32.6 Å². The molecule has 3 aromatic rings. The van der Waals surface area contributed by atoms with Gasteiger partial charge in [0.25, 0.3) is 5.91 Å². The molecule has 0 aliphatic carbocycles. The molecule has 0 fully saturated rings. The van der Waals surface area contributed by atoms with Gasteiger partial charge in [0.1, 0.15) is 15.4 Å². The van der Waals surface area contributed by atoms with Crippen LogP contribution in [0.15, 0.2) is 41.2 Å². The second kappa shape index (κ2) is 8.11. The number of carbonyl (C=O) groups is 2. The third-order valence-electron chi connectivity index (χ3n) is 3.62. The van der Waals surface area contributed by atoms with Gasteiger partial charge in [-0.2, -0.15) is 13.2 Å². The van der Waals surface area contributed by atoms with Crippen LogP contribution in [0, 0.1) is 0 Å². The Morgan fingerprint density at radius 3 is 2.54 bits per heavy atom. The van der Waals surface area contributed by atoms with Crippen molar-refractivity contribution in [3.8, 4) is 11.1 Å². The minimum absolute atomic E-state index is 0.101. The van der Waals surface area contributed by atoms with Gasteiger partial charge in [0.05, 0.1) is 12.1 Å². The molecule has 0 radical (unpaired) electrons. The summed E-state index contributed by atoms with van der Waals surface area (Å²) in [7, 11) is 0. The Balaban J connectivity index is 1.99. The molecule has 2 aromatic heterocycles. The van der Waals surface area contributed by atoms with Gasteiger partial charge in [-0.15, -0.1) is 22.7 Å². The van der Waals surface area contributed by atoms with Crippen LogP contribution in [0.2, 0.25) is 0 Å². The molecule has 1 aromatic carbocycles. The van der Waals surface area contributed by atoms with Crippen molar-refractivity contribution in [3.63, 3.8) is 0 Å². The van der Waals surface area contributed by atoms with E-state index in [0.29, 0.717) is 16.9 Å². The SMILES string of the molecule is CCOC(=O)c1c(-c2ccccc2)csc1NC(=O)c1scnc1C(F)(F)F. The summed E-state index contributed by atoms with van der Waals surface area (Å²) in [5, 5.41) is 4.17. The van der Waals surface area contributed by atoms with Crippen molar-refractivity contribution < 1.29 is 27.5 Å². The van der Waals surface area contributed by atoms with Gasteiger partial charge in [-0.3, -0.25) is 4.79 Å². The Morgan fingerprint density at radius 2 is 1.89 bits per heavy atom. The standard InChI is InChI=1S/C18H13F3N2O3S2/c1-2-26-17(25)12-11(10-6-4-3-5-7-10)8-27-16(12)23-15(24)13-14(18(19,20)21)22-9-28-13/h3-9H,2H2,1H3,(H,23,24). The van der Waals surface area contributed by atoms with E-state index in [2.05, 4.69) is 10.3 Å². The molecule has 5 nitrogen and oxygen atoms in total. The second-order valence-corrected chi connectivity index (χ2v) is 7.16. The Kier molecular flexibility index (Phi) is 5.80. The van der Waals surface area contributed by atoms with Crippen molar-refractivity contribution >= 4 is 39.6 Å². The minimum atomic E-state index is -4.75. The summed E-state index contributed by atoms with van der Waals surface area (Å²) in [6.07, 6.45) is -4.75. The predicted molar refractivity (Wildman–Crippen MR) is 101 cm³/mol. The Hall–Kier alpha value is -2.72. The first kappa shape index (κ1) is 20.0. The van der Waals surface area contributed by atoms with Crippen molar-refractivity contribution in [2.24, 2.45) is 0 Å². The Labute approximate surface area is 165 Å². The molecule has 0 bridgehead atoms. The normalized spacial score (nSPS) is 11.3. The summed E-state index contributed by atoms with van der Waals surface area (Å²) in [6, 6.07) is 8.94. The number of nitrogens with one attached hydrogen (secondary N) is 1. The minimum Gasteiger partial charge on any atom is -0.462 e. The summed E-state index contributed by atoms with van der Waals surface area (Å²) < 4.78 is 44.1. The van der Waals surface area contributed by atoms with Crippen molar-refractivity contribution in [2.45, 2.75) is 13.1 Å². The molecule has 0 saturated heterocycles. The molecule has 28 heavy (non-hydrogen) atoms. The first-order valence-corrected chi connectivity index (χ1v) is 9.75. The van der Waals surface area contributed by atoms with E-state index in [4.69, 9.17) is 4.74 Å². The van der Waals surface area contributed by atoms with E-state index in [1.165, 1.54) is 0 Å². The maximum atomic E-state index is 13.0. The number of esters is 1. The van der Waals surface area contributed by atoms with Gasteiger partial charge in [0.15, 0.2) is 5.69 Å². The van der Waals surface area contributed by atoms with Gasteiger partial charge >= 0.3 is 12.1 Å². The number of aromatic nitrogens is 1. The fourth-order valence-electron chi connectivity index (χ4n) is 2.46. The number of anilines is 1. The molecule has 0 atom stereocenters. The van der Waals surface area contributed by atoms with Gasteiger partial charge in [-0.1, -0.05) is 30.3 Å². The number of rotatable bonds is 5. The van der Waals surface area contributed by atoms with E-state index < -0.39 is 28.6 Å². The van der Waals surface area contributed by atoms with Crippen molar-refractivity contribution in [3.05, 3.63) is 57.4 Å². The number of halogens is 3. The molecule has 0 unspecified atom stereocenters. The molecule has 2 heterocycles. The van der Waals surface area contributed by atoms with E-state index in [1.54, 1.807) is 36.6 Å². The molecular weight excluding hydrogens is 413 g/mol. The maximum absolute atomic E-state index is 13.0. The quantitative estimate of drug-likeness (QED) is 0.561. The van der Waals surface area contributed by atoms with Crippen LogP contribution in [-0.4, -0.2) is 23.5 Å². The molecule has 3 rings (SSSR count). The van der Waals surface area contributed by atoms with E-state index in [0.717, 1.165) is 22.4 Å². The number of carbonyl (C=O) groups excluding carboxylic acids is 2. The van der Waals surface area contributed by atoms with E-state index in [9.17, 15) is 22.8 Å². The van der Waals surface area contributed by atoms with Gasteiger partial charge < -0.3 is 10.1 Å². The summed E-state index contributed by atoms with van der Waals surface area (Å²) in [6.45, 7) is 1.75.